The fourth-order valence-electron chi connectivity index (χ4n) is 6.27. The highest BCUT2D eigenvalue weighted by Crippen LogP contribution is 2.43. The second-order valence-electron chi connectivity index (χ2n) is 13.0. The van der Waals surface area contributed by atoms with Gasteiger partial charge in [-0.3, -0.25) is 4.79 Å². The molecule has 0 spiro atoms. The van der Waals surface area contributed by atoms with Gasteiger partial charge >= 0.3 is 12.1 Å². The van der Waals surface area contributed by atoms with Crippen LogP contribution >= 0.6 is 0 Å². The third-order valence-electron chi connectivity index (χ3n) is 8.80. The lowest BCUT2D eigenvalue weighted by molar-refractivity contribution is 0.0201. The number of amides is 1. The molecule has 2 unspecified atom stereocenters. The Bertz CT molecular complexity index is 1990. The maximum Gasteiger partial charge on any atom is 0.410 e. The first-order valence-electron chi connectivity index (χ1n) is 15.9. The molecule has 0 radical (unpaired) electrons. The summed E-state index contributed by atoms with van der Waals surface area (Å²) in [5.74, 6) is -0.738. The van der Waals surface area contributed by atoms with Gasteiger partial charge in [0, 0.05) is 59.4 Å². The van der Waals surface area contributed by atoms with E-state index < -0.39 is 46.7 Å². The Morgan fingerprint density at radius 1 is 1.04 bits per heavy atom. The number of aromatic hydroxyl groups is 1. The molecule has 0 bridgehead atoms. The highest BCUT2D eigenvalue weighted by molar-refractivity contribution is 5.95. The number of aliphatic hydroxyl groups excluding tert-OH is 2. The largest absolute Gasteiger partial charge is 0.506 e. The Hall–Kier alpha value is -5.01. The molecule has 1 aliphatic rings. The van der Waals surface area contributed by atoms with Crippen LogP contribution in [0.1, 0.15) is 66.5 Å². The third-order valence-corrected chi connectivity index (χ3v) is 8.80. The molecule has 2 heterocycles. The molecule has 0 fully saturated rings. The summed E-state index contributed by atoms with van der Waals surface area (Å²) in [5, 5.41) is 34.9. The molecule has 49 heavy (non-hydrogen) atoms. The number of nitrogens with zero attached hydrogens (tertiary/aromatic N) is 3. The number of benzene rings is 2. The van der Waals surface area contributed by atoms with Gasteiger partial charge in [0.2, 0.25) is 0 Å². The van der Waals surface area contributed by atoms with E-state index in [9.17, 15) is 29.7 Å². The predicted octanol–water partition coefficient (Wildman–Crippen LogP) is 4.27. The first-order valence-corrected chi connectivity index (χ1v) is 15.9. The van der Waals surface area contributed by atoms with Gasteiger partial charge in [0.1, 0.15) is 29.0 Å². The van der Waals surface area contributed by atoms with E-state index in [1.165, 1.54) is 18.8 Å². The van der Waals surface area contributed by atoms with Crippen LogP contribution in [0.2, 0.25) is 0 Å². The average Bonchev–Trinajstić information content (AvgIpc) is 3.31. The van der Waals surface area contributed by atoms with Gasteiger partial charge in [0.15, 0.2) is 5.56 Å². The van der Waals surface area contributed by atoms with Crippen LogP contribution in [0, 0.1) is 0 Å². The molecule has 3 N–H and O–H groups in total. The minimum Gasteiger partial charge on any atom is -0.506 e. The van der Waals surface area contributed by atoms with Gasteiger partial charge in [0.25, 0.3) is 5.56 Å². The smallest absolute Gasteiger partial charge is 0.410 e. The number of hydrogen-bond acceptors (Lipinski definition) is 10. The van der Waals surface area contributed by atoms with E-state index in [2.05, 4.69) is 0 Å². The van der Waals surface area contributed by atoms with Crippen molar-refractivity contribution in [3.05, 3.63) is 74.7 Å². The fourth-order valence-corrected chi connectivity index (χ4v) is 6.27. The van der Waals surface area contributed by atoms with Gasteiger partial charge in [-0.15, -0.1) is 0 Å². The number of ether oxygens (including phenoxy) is 4. The van der Waals surface area contributed by atoms with Crippen LogP contribution in [0.25, 0.3) is 22.2 Å². The van der Waals surface area contributed by atoms with Crippen molar-refractivity contribution in [1.29, 1.82) is 0 Å². The first-order chi connectivity index (χ1) is 23.1. The number of hydrogen-bond donors (Lipinski definition) is 3. The van der Waals surface area contributed by atoms with Gasteiger partial charge < -0.3 is 48.3 Å². The Morgan fingerprint density at radius 2 is 1.76 bits per heavy atom. The molecular weight excluding hydrogens is 634 g/mol. The van der Waals surface area contributed by atoms with Crippen molar-refractivity contribution in [2.24, 2.45) is 7.05 Å². The van der Waals surface area contributed by atoms with E-state index in [0.29, 0.717) is 45.6 Å². The Labute approximate surface area is 283 Å². The zero-order valence-corrected chi connectivity index (χ0v) is 29.0. The minimum atomic E-state index is -1.42. The van der Waals surface area contributed by atoms with Crippen LogP contribution in [0.3, 0.4) is 0 Å². The number of rotatable bonds is 8. The van der Waals surface area contributed by atoms with Crippen molar-refractivity contribution in [3.8, 4) is 28.5 Å². The summed E-state index contributed by atoms with van der Waals surface area (Å²) < 4.78 is 24.6. The second-order valence-corrected chi connectivity index (χ2v) is 13.0. The Balaban J connectivity index is 1.76. The number of fused-ring (bicyclic) bond motifs is 4. The number of aliphatic hydroxyl groups is 2. The summed E-state index contributed by atoms with van der Waals surface area (Å²) in [6.07, 6.45) is -3.56. The molecule has 2 aromatic heterocycles. The lowest BCUT2D eigenvalue weighted by atomic mass is 9.96. The van der Waals surface area contributed by atoms with Gasteiger partial charge in [-0.05, 0) is 63.6 Å². The quantitative estimate of drug-likeness (QED) is 0.230. The lowest BCUT2D eigenvalue weighted by Gasteiger charge is -2.26. The minimum absolute atomic E-state index is 0.0929. The van der Waals surface area contributed by atoms with Crippen LogP contribution in [0.4, 0.5) is 4.79 Å². The number of pyridine rings is 1. The van der Waals surface area contributed by atoms with Crippen molar-refractivity contribution in [2.75, 3.05) is 27.9 Å². The van der Waals surface area contributed by atoms with E-state index in [-0.39, 0.29) is 30.8 Å². The van der Waals surface area contributed by atoms with Crippen molar-refractivity contribution >= 4 is 23.0 Å². The van der Waals surface area contributed by atoms with Crippen molar-refractivity contribution in [2.45, 2.75) is 65.0 Å². The predicted molar refractivity (Wildman–Crippen MR) is 181 cm³/mol. The fraction of sp³-hybridized carbons (Fsp3) is 0.417. The monoisotopic (exact) mass is 677 g/mol. The van der Waals surface area contributed by atoms with Crippen LogP contribution in [0.5, 0.6) is 17.2 Å². The molecule has 5 rings (SSSR count). The third kappa shape index (κ3) is 6.55. The van der Waals surface area contributed by atoms with Crippen molar-refractivity contribution in [1.82, 2.24) is 14.0 Å². The molecule has 1 amide bonds. The maximum absolute atomic E-state index is 14.2. The van der Waals surface area contributed by atoms with Gasteiger partial charge in [-0.2, -0.15) is 0 Å². The van der Waals surface area contributed by atoms with E-state index >= 15 is 0 Å². The zero-order chi connectivity index (χ0) is 35.9. The first kappa shape index (κ1) is 35.3. The van der Waals surface area contributed by atoms with Crippen LogP contribution < -0.4 is 15.0 Å². The normalized spacial score (nSPS) is 15.6. The van der Waals surface area contributed by atoms with E-state index in [1.807, 2.05) is 24.6 Å². The number of methoxy groups -OCH3 is 3. The summed E-state index contributed by atoms with van der Waals surface area (Å²) in [6, 6.07) is 10.5. The van der Waals surface area contributed by atoms with Crippen LogP contribution in [0.15, 0.2) is 41.2 Å². The molecule has 0 saturated carbocycles. The van der Waals surface area contributed by atoms with E-state index in [1.54, 1.807) is 56.0 Å². The summed E-state index contributed by atoms with van der Waals surface area (Å²) in [7, 11) is 5.93. The van der Waals surface area contributed by atoms with Crippen molar-refractivity contribution < 1.29 is 43.9 Å². The highest BCUT2D eigenvalue weighted by Gasteiger charge is 2.36. The number of esters is 1. The SMILES string of the molecule is CCN(Cc1cc2cc3c(cc2n1C)C(O)C(O)Cc1c(O)c(C(=O)OC)c(=O)n(Cc2ccc(OC)cc2OC)c1-3)C(=O)OC(C)(C)C. The zero-order valence-electron chi connectivity index (χ0n) is 29.0. The Kier molecular flexibility index (Phi) is 9.71. The molecular formula is C36H43N3O10. The molecule has 0 saturated heterocycles. The second kappa shape index (κ2) is 13.5. The van der Waals surface area contributed by atoms with Gasteiger partial charge in [-0.1, -0.05) is 0 Å². The van der Waals surface area contributed by atoms with Gasteiger partial charge in [-0.25, -0.2) is 9.59 Å². The molecule has 4 aromatic rings. The van der Waals surface area contributed by atoms with E-state index in [4.69, 9.17) is 18.9 Å². The van der Waals surface area contributed by atoms with Crippen molar-refractivity contribution in [3.63, 3.8) is 0 Å². The molecule has 1 aliphatic carbocycles. The summed E-state index contributed by atoms with van der Waals surface area (Å²) >= 11 is 0. The Morgan fingerprint density at radius 3 is 2.37 bits per heavy atom. The molecule has 13 heteroatoms. The average molecular weight is 678 g/mol. The topological polar surface area (TPSA) is 162 Å². The van der Waals surface area contributed by atoms with Crippen LogP contribution in [-0.4, -0.2) is 81.0 Å². The number of carbonyl (C=O) groups excluding carboxylic acids is 2. The van der Waals surface area contributed by atoms with Gasteiger partial charge in [0.05, 0.1) is 46.2 Å². The standard InChI is InChI=1S/C36H43N3O10/c1-9-38(35(45)49-36(2,3)4)18-21-12-20-13-23-24(15-26(20)37(21)5)31(41)27(40)16-25-30(23)39(33(43)29(32(25)42)34(44)48-8)17-19-10-11-22(46-6)14-28(19)47-7/h10-15,27,31,40-42H,9,16-18H2,1-8H3. The molecule has 262 valence electrons. The number of carbonyl (C=O) groups is 2. The highest BCUT2D eigenvalue weighted by atomic mass is 16.6. The number of aromatic nitrogens is 2. The molecule has 0 aliphatic heterocycles. The molecule has 13 nitrogen and oxygen atoms in total. The summed E-state index contributed by atoms with van der Waals surface area (Å²) in [6.45, 7) is 7.78. The van der Waals surface area contributed by atoms with E-state index in [0.717, 1.165) is 12.8 Å². The maximum atomic E-state index is 14.2. The van der Waals surface area contributed by atoms with Crippen LogP contribution in [-0.2, 0) is 36.0 Å². The summed E-state index contributed by atoms with van der Waals surface area (Å²) in [5.41, 5.74) is 0.927. The molecule has 2 atom stereocenters. The lowest BCUT2D eigenvalue weighted by Crippen LogP contribution is -2.36. The summed E-state index contributed by atoms with van der Waals surface area (Å²) in [4.78, 5) is 41.6. The molecule has 2 aromatic carbocycles. The number of aryl methyl sites for hydroxylation is 1.